The summed E-state index contributed by atoms with van der Waals surface area (Å²) in [4.78, 5) is 0. The van der Waals surface area contributed by atoms with Gasteiger partial charge in [-0.05, 0) is 43.4 Å². The van der Waals surface area contributed by atoms with Gasteiger partial charge in [-0.1, -0.05) is 34.1 Å². The molecule has 0 amide bonds. The number of rotatable bonds is 4. The van der Waals surface area contributed by atoms with E-state index in [9.17, 15) is 0 Å². The summed E-state index contributed by atoms with van der Waals surface area (Å²) in [7, 11) is 0. The Morgan fingerprint density at radius 2 is 1.74 bits per heavy atom. The SMILES string of the molecule is CCCC[N+]1(C2CC(C)CC(C)(C)C2)CCCCC1. The smallest absolute Gasteiger partial charge is 0.0898 e. The summed E-state index contributed by atoms with van der Waals surface area (Å²) in [6, 6.07) is 0.964. The zero-order chi connectivity index (χ0) is 13.9. The van der Waals surface area contributed by atoms with E-state index < -0.39 is 0 Å². The molecule has 0 aromatic rings. The highest BCUT2D eigenvalue weighted by atomic mass is 15.4. The van der Waals surface area contributed by atoms with E-state index >= 15 is 0 Å². The Morgan fingerprint density at radius 3 is 2.32 bits per heavy atom. The Balaban J connectivity index is 2.12. The molecule has 0 aromatic heterocycles. The average molecular weight is 266 g/mol. The number of quaternary nitrogens is 1. The number of unbranched alkanes of at least 4 members (excludes halogenated alkanes) is 1. The maximum Gasteiger partial charge on any atom is 0.0898 e. The molecule has 1 heterocycles. The second kappa shape index (κ2) is 6.16. The molecule has 0 radical (unpaired) electrons. The van der Waals surface area contributed by atoms with E-state index in [2.05, 4.69) is 27.7 Å². The summed E-state index contributed by atoms with van der Waals surface area (Å²) >= 11 is 0. The number of nitrogens with zero attached hydrogens (tertiary/aromatic N) is 1. The predicted molar refractivity (Wildman–Crippen MR) is 84.2 cm³/mol. The third kappa shape index (κ3) is 3.74. The number of hydrogen-bond acceptors (Lipinski definition) is 0. The Labute approximate surface area is 121 Å². The molecule has 1 saturated heterocycles. The minimum absolute atomic E-state index is 0.581. The molecule has 0 N–H and O–H groups in total. The van der Waals surface area contributed by atoms with Crippen LogP contribution in [0.25, 0.3) is 0 Å². The van der Waals surface area contributed by atoms with Crippen LogP contribution in [0.4, 0.5) is 0 Å². The number of hydrogen-bond donors (Lipinski definition) is 0. The van der Waals surface area contributed by atoms with Gasteiger partial charge in [-0.25, -0.2) is 0 Å². The van der Waals surface area contributed by atoms with Crippen LogP contribution in [0.2, 0.25) is 0 Å². The quantitative estimate of drug-likeness (QED) is 0.628. The standard InChI is InChI=1S/C18H36N/c1-5-6-10-19(11-8-7-9-12-19)17-13-16(2)14-18(3,4)15-17/h16-17H,5-15H2,1-4H3/q+1. The summed E-state index contributed by atoms with van der Waals surface area (Å²) in [6.45, 7) is 14.3. The molecular formula is C18H36N+. The minimum atomic E-state index is 0.581. The molecule has 1 heteroatoms. The molecular weight excluding hydrogens is 230 g/mol. The van der Waals surface area contributed by atoms with E-state index in [0.29, 0.717) is 5.41 Å². The van der Waals surface area contributed by atoms with E-state index in [1.807, 2.05) is 0 Å². The largest absolute Gasteiger partial charge is 0.321 e. The molecule has 2 atom stereocenters. The molecule has 2 aliphatic rings. The van der Waals surface area contributed by atoms with Crippen LogP contribution >= 0.6 is 0 Å². The van der Waals surface area contributed by atoms with Crippen molar-refractivity contribution in [3.8, 4) is 0 Å². The Kier molecular flexibility index (Phi) is 4.98. The van der Waals surface area contributed by atoms with E-state index in [1.165, 1.54) is 75.5 Å². The van der Waals surface area contributed by atoms with Gasteiger partial charge in [-0.15, -0.1) is 0 Å². The molecule has 1 aliphatic carbocycles. The third-order valence-electron chi connectivity index (χ3n) is 5.80. The Hall–Kier alpha value is -0.0400. The minimum Gasteiger partial charge on any atom is -0.321 e. The molecule has 0 spiro atoms. The number of piperidine rings is 1. The van der Waals surface area contributed by atoms with Crippen LogP contribution in [-0.4, -0.2) is 30.2 Å². The van der Waals surface area contributed by atoms with Gasteiger partial charge in [0.1, 0.15) is 0 Å². The molecule has 2 unspecified atom stereocenters. The fourth-order valence-electron chi connectivity index (χ4n) is 5.10. The molecule has 1 saturated carbocycles. The highest BCUT2D eigenvalue weighted by Gasteiger charge is 2.44. The van der Waals surface area contributed by atoms with Crippen LogP contribution in [0, 0.1) is 11.3 Å². The van der Waals surface area contributed by atoms with Crippen LogP contribution < -0.4 is 0 Å². The van der Waals surface area contributed by atoms with Gasteiger partial charge in [-0.3, -0.25) is 0 Å². The van der Waals surface area contributed by atoms with Gasteiger partial charge in [-0.2, -0.15) is 0 Å². The first-order valence-electron chi connectivity index (χ1n) is 8.83. The summed E-state index contributed by atoms with van der Waals surface area (Å²) in [5.41, 5.74) is 0.581. The normalized spacial score (nSPS) is 34.1. The van der Waals surface area contributed by atoms with Crippen molar-refractivity contribution in [1.29, 1.82) is 0 Å². The van der Waals surface area contributed by atoms with E-state index in [0.717, 1.165) is 12.0 Å². The maximum absolute atomic E-state index is 2.51. The van der Waals surface area contributed by atoms with Gasteiger partial charge in [0.05, 0.1) is 25.7 Å². The molecule has 2 fully saturated rings. The third-order valence-corrected chi connectivity index (χ3v) is 5.80. The van der Waals surface area contributed by atoms with Gasteiger partial charge < -0.3 is 4.48 Å². The molecule has 19 heavy (non-hydrogen) atoms. The highest BCUT2D eigenvalue weighted by Crippen LogP contribution is 2.43. The number of likely N-dealkylation sites (tertiary alicyclic amines) is 1. The molecule has 0 aromatic carbocycles. The second-order valence-electron chi connectivity index (χ2n) is 8.37. The zero-order valence-corrected chi connectivity index (χ0v) is 13.9. The van der Waals surface area contributed by atoms with Crippen molar-refractivity contribution in [3.05, 3.63) is 0 Å². The van der Waals surface area contributed by atoms with Crippen molar-refractivity contribution < 1.29 is 4.48 Å². The fraction of sp³-hybridized carbons (Fsp3) is 1.00. The first-order valence-corrected chi connectivity index (χ1v) is 8.83. The van der Waals surface area contributed by atoms with E-state index in [4.69, 9.17) is 0 Å². The van der Waals surface area contributed by atoms with Gasteiger partial charge >= 0.3 is 0 Å². The lowest BCUT2D eigenvalue weighted by atomic mass is 9.69. The first-order chi connectivity index (χ1) is 8.97. The lowest BCUT2D eigenvalue weighted by molar-refractivity contribution is -0.958. The van der Waals surface area contributed by atoms with Crippen LogP contribution in [0.5, 0.6) is 0 Å². The van der Waals surface area contributed by atoms with E-state index in [-0.39, 0.29) is 0 Å². The predicted octanol–water partition coefficient (Wildman–Crippen LogP) is 5.00. The van der Waals surface area contributed by atoms with Gasteiger partial charge in [0.2, 0.25) is 0 Å². The van der Waals surface area contributed by atoms with Crippen molar-refractivity contribution in [3.63, 3.8) is 0 Å². The summed E-state index contributed by atoms with van der Waals surface area (Å²) in [6.07, 6.45) is 11.7. The van der Waals surface area contributed by atoms with Gasteiger partial charge in [0.15, 0.2) is 0 Å². The maximum atomic E-state index is 2.51. The molecule has 0 bridgehead atoms. The van der Waals surface area contributed by atoms with Crippen molar-refractivity contribution in [2.45, 2.75) is 85.1 Å². The van der Waals surface area contributed by atoms with Crippen molar-refractivity contribution >= 4 is 0 Å². The molecule has 2 rings (SSSR count). The highest BCUT2D eigenvalue weighted by molar-refractivity contribution is 4.84. The van der Waals surface area contributed by atoms with Crippen LogP contribution in [0.3, 0.4) is 0 Å². The molecule has 112 valence electrons. The summed E-state index contributed by atoms with van der Waals surface area (Å²) in [5.74, 6) is 0.937. The monoisotopic (exact) mass is 266 g/mol. The summed E-state index contributed by atoms with van der Waals surface area (Å²) < 4.78 is 1.49. The second-order valence-corrected chi connectivity index (χ2v) is 8.37. The van der Waals surface area contributed by atoms with Crippen molar-refractivity contribution in [2.75, 3.05) is 19.6 Å². The topological polar surface area (TPSA) is 0 Å². The fourth-order valence-corrected chi connectivity index (χ4v) is 5.10. The Bertz CT molecular complexity index is 275. The van der Waals surface area contributed by atoms with Crippen molar-refractivity contribution in [1.82, 2.24) is 0 Å². The lowest BCUT2D eigenvalue weighted by Gasteiger charge is -2.52. The summed E-state index contributed by atoms with van der Waals surface area (Å²) in [5, 5.41) is 0. The van der Waals surface area contributed by atoms with E-state index in [1.54, 1.807) is 0 Å². The van der Waals surface area contributed by atoms with Gasteiger partial charge in [0, 0.05) is 12.8 Å². The van der Waals surface area contributed by atoms with Crippen LogP contribution in [-0.2, 0) is 0 Å². The average Bonchev–Trinajstić information content (AvgIpc) is 2.35. The molecule has 1 nitrogen and oxygen atoms in total. The van der Waals surface area contributed by atoms with Crippen LogP contribution in [0.15, 0.2) is 0 Å². The first kappa shape index (κ1) is 15.4. The zero-order valence-electron chi connectivity index (χ0n) is 13.9. The van der Waals surface area contributed by atoms with Crippen LogP contribution in [0.1, 0.15) is 79.1 Å². The lowest BCUT2D eigenvalue weighted by Crippen LogP contribution is -2.61. The Morgan fingerprint density at radius 1 is 1.05 bits per heavy atom. The van der Waals surface area contributed by atoms with Gasteiger partial charge in [0.25, 0.3) is 0 Å². The molecule has 1 aliphatic heterocycles. The van der Waals surface area contributed by atoms with Crippen molar-refractivity contribution in [2.24, 2.45) is 11.3 Å².